The summed E-state index contributed by atoms with van der Waals surface area (Å²) in [6.07, 6.45) is 3.40. The number of amides is 1. The van der Waals surface area contributed by atoms with Gasteiger partial charge in [0.2, 0.25) is 0 Å². The van der Waals surface area contributed by atoms with Crippen molar-refractivity contribution in [1.82, 2.24) is 9.38 Å². The molecule has 0 aliphatic heterocycles. The van der Waals surface area contributed by atoms with Gasteiger partial charge in [-0.15, -0.1) is 0 Å². The highest BCUT2D eigenvalue weighted by molar-refractivity contribution is 6.05. The molecule has 2 aromatic heterocycles. The second kappa shape index (κ2) is 7.00. The molecule has 2 N–H and O–H groups in total. The van der Waals surface area contributed by atoms with E-state index >= 15 is 0 Å². The molecule has 134 valence electrons. The smallest absolute Gasteiger partial charge is 0.335 e. The van der Waals surface area contributed by atoms with Gasteiger partial charge < -0.3 is 10.4 Å². The Labute approximate surface area is 151 Å². The summed E-state index contributed by atoms with van der Waals surface area (Å²) in [7, 11) is 0. The topological polar surface area (TPSA) is 83.7 Å². The molecular formula is C20H21N3O3. The molecule has 6 heteroatoms. The first-order valence-electron chi connectivity index (χ1n) is 8.53. The number of pyridine rings is 1. The third-order valence-electron chi connectivity index (χ3n) is 4.29. The third-order valence-corrected chi connectivity index (χ3v) is 4.29. The van der Waals surface area contributed by atoms with Crippen LogP contribution in [0.4, 0.5) is 5.69 Å². The van der Waals surface area contributed by atoms with Gasteiger partial charge in [0.05, 0.1) is 11.3 Å². The summed E-state index contributed by atoms with van der Waals surface area (Å²) in [5.74, 6) is -1.33. The van der Waals surface area contributed by atoms with E-state index in [4.69, 9.17) is 0 Å². The molecule has 0 aliphatic rings. The van der Waals surface area contributed by atoms with Crippen molar-refractivity contribution in [3.8, 4) is 0 Å². The number of aryl methyl sites for hydroxylation is 3. The SMILES string of the molecule is CCCc1nc2cc(C)ccn2c1C(=O)Nc1cc(C(=O)O)ccc1C. The number of aromatic nitrogens is 2. The lowest BCUT2D eigenvalue weighted by Gasteiger charge is -2.10. The van der Waals surface area contributed by atoms with E-state index in [-0.39, 0.29) is 11.5 Å². The van der Waals surface area contributed by atoms with E-state index in [9.17, 15) is 14.7 Å². The van der Waals surface area contributed by atoms with Gasteiger partial charge in [-0.1, -0.05) is 19.4 Å². The minimum atomic E-state index is -1.03. The predicted octanol–water partition coefficient (Wildman–Crippen LogP) is 3.85. The van der Waals surface area contributed by atoms with Gasteiger partial charge in [0.25, 0.3) is 5.91 Å². The van der Waals surface area contributed by atoms with Crippen LogP contribution in [-0.4, -0.2) is 26.4 Å². The maximum Gasteiger partial charge on any atom is 0.335 e. The van der Waals surface area contributed by atoms with Crippen LogP contribution in [-0.2, 0) is 6.42 Å². The molecule has 0 saturated carbocycles. The number of anilines is 1. The Bertz CT molecular complexity index is 1000. The van der Waals surface area contributed by atoms with Gasteiger partial charge >= 0.3 is 5.97 Å². The van der Waals surface area contributed by atoms with E-state index in [2.05, 4.69) is 10.3 Å². The molecule has 26 heavy (non-hydrogen) atoms. The van der Waals surface area contributed by atoms with Crippen molar-refractivity contribution in [2.45, 2.75) is 33.6 Å². The lowest BCUT2D eigenvalue weighted by atomic mass is 10.1. The van der Waals surface area contributed by atoms with Crippen molar-refractivity contribution in [2.75, 3.05) is 5.32 Å². The number of carbonyl (C=O) groups excluding carboxylic acids is 1. The number of fused-ring (bicyclic) bond motifs is 1. The van der Waals surface area contributed by atoms with Crippen LogP contribution in [0.25, 0.3) is 5.65 Å². The van der Waals surface area contributed by atoms with Crippen LogP contribution >= 0.6 is 0 Å². The molecule has 1 amide bonds. The largest absolute Gasteiger partial charge is 0.478 e. The van der Waals surface area contributed by atoms with Crippen molar-refractivity contribution in [3.63, 3.8) is 0 Å². The summed E-state index contributed by atoms with van der Waals surface area (Å²) in [4.78, 5) is 28.8. The van der Waals surface area contributed by atoms with Crippen LogP contribution in [0, 0.1) is 13.8 Å². The molecule has 1 aromatic carbocycles. The first-order valence-corrected chi connectivity index (χ1v) is 8.53. The number of nitrogens with one attached hydrogen (secondary N) is 1. The van der Waals surface area contributed by atoms with Crippen molar-refractivity contribution in [1.29, 1.82) is 0 Å². The standard InChI is InChI=1S/C20H21N3O3/c1-4-5-15-18(23-9-8-12(2)10-17(23)21-15)19(24)22-16-11-14(20(25)26)7-6-13(16)3/h6-11H,4-5H2,1-3H3,(H,22,24)(H,25,26). The second-order valence-corrected chi connectivity index (χ2v) is 6.38. The average molecular weight is 351 g/mol. The van der Waals surface area contributed by atoms with E-state index in [1.807, 2.05) is 39.1 Å². The number of hydrogen-bond donors (Lipinski definition) is 2. The van der Waals surface area contributed by atoms with Crippen molar-refractivity contribution in [2.24, 2.45) is 0 Å². The highest BCUT2D eigenvalue weighted by atomic mass is 16.4. The van der Waals surface area contributed by atoms with Crippen molar-refractivity contribution in [3.05, 3.63) is 64.6 Å². The number of nitrogens with zero attached hydrogens (tertiary/aromatic N) is 2. The van der Waals surface area contributed by atoms with Crippen LogP contribution in [0.15, 0.2) is 36.5 Å². The van der Waals surface area contributed by atoms with E-state index in [1.165, 1.54) is 12.1 Å². The summed E-state index contributed by atoms with van der Waals surface area (Å²) in [5.41, 5.74) is 4.44. The molecule has 0 saturated heterocycles. The zero-order valence-corrected chi connectivity index (χ0v) is 15.0. The van der Waals surface area contributed by atoms with Gasteiger partial charge in [-0.2, -0.15) is 0 Å². The van der Waals surface area contributed by atoms with Gasteiger partial charge in [-0.05, 0) is 55.7 Å². The zero-order valence-electron chi connectivity index (χ0n) is 15.0. The molecule has 0 atom stereocenters. The molecule has 3 rings (SSSR count). The van der Waals surface area contributed by atoms with E-state index in [1.54, 1.807) is 10.5 Å². The summed E-state index contributed by atoms with van der Waals surface area (Å²) in [5, 5.41) is 12.0. The monoisotopic (exact) mass is 351 g/mol. The fourth-order valence-corrected chi connectivity index (χ4v) is 2.92. The number of aromatic carboxylic acids is 1. The Hall–Kier alpha value is -3.15. The fourth-order valence-electron chi connectivity index (χ4n) is 2.92. The first-order chi connectivity index (χ1) is 12.4. The van der Waals surface area contributed by atoms with Crippen LogP contribution in [0.1, 0.15) is 51.0 Å². The van der Waals surface area contributed by atoms with Gasteiger partial charge in [0.15, 0.2) is 0 Å². The van der Waals surface area contributed by atoms with Crippen molar-refractivity contribution < 1.29 is 14.7 Å². The van der Waals surface area contributed by atoms with Crippen molar-refractivity contribution >= 4 is 23.2 Å². The minimum Gasteiger partial charge on any atom is -0.478 e. The van der Waals surface area contributed by atoms with Gasteiger partial charge in [-0.3, -0.25) is 9.20 Å². The quantitative estimate of drug-likeness (QED) is 0.731. The highest BCUT2D eigenvalue weighted by Crippen LogP contribution is 2.21. The molecule has 0 fully saturated rings. The van der Waals surface area contributed by atoms with Gasteiger partial charge in [0.1, 0.15) is 11.3 Å². The number of benzene rings is 1. The normalized spacial score (nSPS) is 10.9. The summed E-state index contributed by atoms with van der Waals surface area (Å²) < 4.78 is 1.78. The number of rotatable bonds is 5. The molecule has 0 aliphatic carbocycles. The van der Waals surface area contributed by atoms with Crippen LogP contribution in [0.3, 0.4) is 0 Å². The highest BCUT2D eigenvalue weighted by Gasteiger charge is 2.20. The minimum absolute atomic E-state index is 0.133. The zero-order chi connectivity index (χ0) is 18.8. The molecule has 6 nitrogen and oxygen atoms in total. The number of carbonyl (C=O) groups is 2. The van der Waals surface area contributed by atoms with Crippen LogP contribution < -0.4 is 5.32 Å². The molecular weight excluding hydrogens is 330 g/mol. The Kier molecular flexibility index (Phi) is 4.75. The Morgan fingerprint density at radius 2 is 1.96 bits per heavy atom. The van der Waals surface area contributed by atoms with E-state index in [0.717, 1.165) is 28.9 Å². The summed E-state index contributed by atoms with van der Waals surface area (Å²) >= 11 is 0. The number of imidazole rings is 1. The van der Waals surface area contributed by atoms with Crippen LogP contribution in [0.5, 0.6) is 0 Å². The Morgan fingerprint density at radius 1 is 1.19 bits per heavy atom. The Balaban J connectivity index is 2.04. The Morgan fingerprint density at radius 3 is 2.65 bits per heavy atom. The summed E-state index contributed by atoms with van der Waals surface area (Å²) in [6.45, 7) is 5.85. The van der Waals surface area contributed by atoms with Gasteiger partial charge in [0, 0.05) is 11.9 Å². The molecule has 0 spiro atoms. The molecule has 0 unspecified atom stereocenters. The maximum absolute atomic E-state index is 13.0. The van der Waals surface area contributed by atoms with E-state index < -0.39 is 5.97 Å². The second-order valence-electron chi connectivity index (χ2n) is 6.38. The number of carboxylic acids is 1. The number of carboxylic acid groups (broad SMARTS) is 1. The molecule has 3 aromatic rings. The fraction of sp³-hybridized carbons (Fsp3) is 0.250. The van der Waals surface area contributed by atoms with Gasteiger partial charge in [-0.25, -0.2) is 9.78 Å². The molecule has 2 heterocycles. The first kappa shape index (κ1) is 17.7. The van der Waals surface area contributed by atoms with E-state index in [0.29, 0.717) is 17.8 Å². The maximum atomic E-state index is 13.0. The number of hydrogen-bond acceptors (Lipinski definition) is 3. The average Bonchev–Trinajstić information content (AvgIpc) is 2.94. The third kappa shape index (κ3) is 3.31. The van der Waals surface area contributed by atoms with Crippen LogP contribution in [0.2, 0.25) is 0 Å². The molecule has 0 radical (unpaired) electrons. The molecule has 0 bridgehead atoms. The summed E-state index contributed by atoms with van der Waals surface area (Å²) in [6, 6.07) is 8.54. The lowest BCUT2D eigenvalue weighted by Crippen LogP contribution is -2.17. The lowest BCUT2D eigenvalue weighted by molar-refractivity contribution is 0.0696. The predicted molar refractivity (Wildman–Crippen MR) is 100 cm³/mol.